The Kier molecular flexibility index (Phi) is 4.00. The van der Waals surface area contributed by atoms with Crippen LogP contribution in [0.1, 0.15) is 11.3 Å². The average molecular weight is 428 g/mol. The molecule has 0 aliphatic carbocycles. The summed E-state index contributed by atoms with van der Waals surface area (Å²) in [6.45, 7) is 2.43. The Bertz CT molecular complexity index is 863. The number of imidazole rings is 1. The largest absolute Gasteiger partial charge is 0.495 e. The second-order valence-electron chi connectivity index (χ2n) is 4.65. The molecule has 3 heterocycles. The number of nitrogen functional groups attached to an aromatic ring is 1. The van der Waals surface area contributed by atoms with Crippen molar-refractivity contribution in [3.05, 3.63) is 32.9 Å². The van der Waals surface area contributed by atoms with Crippen molar-refractivity contribution in [2.75, 3.05) is 12.8 Å². The van der Waals surface area contributed by atoms with Crippen LogP contribution in [-0.2, 0) is 6.54 Å². The Hall–Kier alpha value is -1.74. The fraction of sp³-hybridized carbons (Fsp3) is 0.231. The minimum atomic E-state index is 0.189. The predicted molar refractivity (Wildman–Crippen MR) is 89.8 cm³/mol. The summed E-state index contributed by atoms with van der Waals surface area (Å²) in [5.74, 6) is 0.958. The number of halogens is 2. The molecule has 0 fully saturated rings. The van der Waals surface area contributed by atoms with Crippen molar-refractivity contribution < 1.29 is 4.74 Å². The third-order valence-electron chi connectivity index (χ3n) is 3.19. The lowest BCUT2D eigenvalue weighted by atomic mass is 10.2. The van der Waals surface area contributed by atoms with Crippen LogP contribution in [0.4, 0.5) is 5.95 Å². The molecule has 0 atom stereocenters. The van der Waals surface area contributed by atoms with Crippen LogP contribution in [0.5, 0.6) is 5.75 Å². The van der Waals surface area contributed by atoms with Gasteiger partial charge in [0.15, 0.2) is 5.65 Å². The normalized spacial score (nSPS) is 11.1. The van der Waals surface area contributed by atoms with Crippen LogP contribution in [0.15, 0.2) is 21.6 Å². The van der Waals surface area contributed by atoms with Crippen molar-refractivity contribution in [3.8, 4) is 5.75 Å². The quantitative estimate of drug-likeness (QED) is 0.646. The van der Waals surface area contributed by atoms with E-state index in [1.165, 1.54) is 0 Å². The first-order chi connectivity index (χ1) is 10.5. The maximum atomic E-state index is 5.70. The highest BCUT2D eigenvalue weighted by molar-refractivity contribution is 9.11. The molecule has 3 aromatic heterocycles. The summed E-state index contributed by atoms with van der Waals surface area (Å²) in [6, 6.07) is 0. The number of fused-ring (bicyclic) bond motifs is 1. The summed E-state index contributed by atoms with van der Waals surface area (Å²) in [4.78, 5) is 17.0. The summed E-state index contributed by atoms with van der Waals surface area (Å²) in [6.07, 6.45) is 3.46. The van der Waals surface area contributed by atoms with E-state index in [1.54, 1.807) is 19.6 Å². The molecule has 22 heavy (non-hydrogen) atoms. The molecule has 0 aromatic carbocycles. The van der Waals surface area contributed by atoms with Crippen molar-refractivity contribution in [2.24, 2.45) is 0 Å². The van der Waals surface area contributed by atoms with Crippen molar-refractivity contribution in [3.63, 3.8) is 0 Å². The van der Waals surface area contributed by atoms with Gasteiger partial charge in [0.25, 0.3) is 0 Å². The van der Waals surface area contributed by atoms with Crippen molar-refractivity contribution in [1.29, 1.82) is 0 Å². The summed E-state index contributed by atoms with van der Waals surface area (Å²) in [5.41, 5.74) is 8.78. The fourth-order valence-electron chi connectivity index (χ4n) is 2.16. The van der Waals surface area contributed by atoms with Crippen LogP contribution in [0, 0.1) is 6.92 Å². The van der Waals surface area contributed by atoms with Crippen molar-refractivity contribution in [1.82, 2.24) is 24.5 Å². The fourth-order valence-corrected chi connectivity index (χ4v) is 3.32. The van der Waals surface area contributed by atoms with Gasteiger partial charge in [-0.05, 0) is 38.8 Å². The van der Waals surface area contributed by atoms with Crippen LogP contribution >= 0.6 is 31.9 Å². The van der Waals surface area contributed by atoms with E-state index in [9.17, 15) is 0 Å². The number of pyridine rings is 1. The molecule has 0 bridgehead atoms. The highest BCUT2D eigenvalue weighted by atomic mass is 79.9. The maximum Gasteiger partial charge on any atom is 0.223 e. The molecule has 114 valence electrons. The van der Waals surface area contributed by atoms with Gasteiger partial charge >= 0.3 is 0 Å². The standard InChI is InChI=1S/C13H12Br2N6O/c1-6-3-17-7(8(14)10(6)22-2)4-21-5-18-9-11(15)19-13(16)20-12(9)21/h3,5H,4H2,1-2H3,(H2,16,19,20). The SMILES string of the molecule is COc1c(C)cnc(Cn2cnc3c(Br)nc(N)nc32)c1Br. The lowest BCUT2D eigenvalue weighted by Crippen LogP contribution is -2.05. The number of anilines is 1. The molecule has 0 amide bonds. The number of hydrogen-bond donors (Lipinski definition) is 1. The van der Waals surface area contributed by atoms with Crippen LogP contribution in [0.2, 0.25) is 0 Å². The lowest BCUT2D eigenvalue weighted by Gasteiger charge is -2.11. The predicted octanol–water partition coefficient (Wildman–Crippen LogP) is 2.69. The van der Waals surface area contributed by atoms with Crippen molar-refractivity contribution >= 4 is 49.0 Å². The zero-order valence-corrected chi connectivity index (χ0v) is 15.0. The number of ether oxygens (including phenoxy) is 1. The van der Waals surface area contributed by atoms with Gasteiger partial charge in [-0.3, -0.25) is 4.98 Å². The van der Waals surface area contributed by atoms with E-state index < -0.39 is 0 Å². The van der Waals surface area contributed by atoms with Gasteiger partial charge in [0.1, 0.15) is 15.9 Å². The number of aryl methyl sites for hydroxylation is 1. The molecular formula is C13H12Br2N6O. The number of nitrogens with zero attached hydrogens (tertiary/aromatic N) is 5. The average Bonchev–Trinajstić information content (AvgIpc) is 2.86. The molecule has 7 nitrogen and oxygen atoms in total. The van der Waals surface area contributed by atoms with Gasteiger partial charge in [0, 0.05) is 11.8 Å². The Morgan fingerprint density at radius 2 is 2.05 bits per heavy atom. The lowest BCUT2D eigenvalue weighted by molar-refractivity contribution is 0.407. The summed E-state index contributed by atoms with van der Waals surface area (Å²) >= 11 is 6.88. The topological polar surface area (TPSA) is 91.7 Å². The molecule has 9 heteroatoms. The Morgan fingerprint density at radius 1 is 1.27 bits per heavy atom. The summed E-state index contributed by atoms with van der Waals surface area (Å²) in [5, 5.41) is 0. The molecule has 0 spiro atoms. The van der Waals surface area contributed by atoms with Gasteiger partial charge in [-0.25, -0.2) is 9.97 Å². The first-order valence-electron chi connectivity index (χ1n) is 6.33. The Morgan fingerprint density at radius 3 is 2.77 bits per heavy atom. The van der Waals surface area contributed by atoms with Crippen LogP contribution in [-0.4, -0.2) is 31.6 Å². The number of aromatic nitrogens is 5. The third kappa shape index (κ3) is 2.54. The number of rotatable bonds is 3. The monoisotopic (exact) mass is 426 g/mol. The highest BCUT2D eigenvalue weighted by Gasteiger charge is 2.15. The van der Waals surface area contributed by atoms with Crippen LogP contribution in [0.25, 0.3) is 11.2 Å². The van der Waals surface area contributed by atoms with Gasteiger partial charge in [0.2, 0.25) is 5.95 Å². The van der Waals surface area contributed by atoms with E-state index in [-0.39, 0.29) is 5.95 Å². The molecule has 0 unspecified atom stereocenters. The number of nitrogens with two attached hydrogens (primary N) is 1. The zero-order chi connectivity index (χ0) is 15.9. The minimum absolute atomic E-state index is 0.189. The Balaban J connectivity index is 2.08. The molecular weight excluding hydrogens is 416 g/mol. The number of methoxy groups -OCH3 is 1. The van der Waals surface area contributed by atoms with Gasteiger partial charge in [-0.15, -0.1) is 0 Å². The minimum Gasteiger partial charge on any atom is -0.495 e. The van der Waals surface area contributed by atoms with E-state index in [2.05, 4.69) is 51.8 Å². The van der Waals surface area contributed by atoms with Gasteiger partial charge in [0.05, 0.1) is 30.1 Å². The maximum absolute atomic E-state index is 5.70. The van der Waals surface area contributed by atoms with Gasteiger partial charge in [-0.1, -0.05) is 0 Å². The molecule has 3 aromatic rings. The third-order valence-corrected chi connectivity index (χ3v) is 4.56. The molecule has 3 rings (SSSR count). The Labute approximate surface area is 143 Å². The van der Waals surface area contributed by atoms with E-state index in [1.807, 2.05) is 11.5 Å². The van der Waals surface area contributed by atoms with E-state index in [4.69, 9.17) is 10.5 Å². The van der Waals surface area contributed by atoms with Crippen LogP contribution in [0.3, 0.4) is 0 Å². The molecule has 0 aliphatic rings. The molecule has 0 radical (unpaired) electrons. The van der Waals surface area contributed by atoms with E-state index in [0.29, 0.717) is 22.3 Å². The van der Waals surface area contributed by atoms with Crippen molar-refractivity contribution in [2.45, 2.75) is 13.5 Å². The second kappa shape index (κ2) is 5.81. The van der Waals surface area contributed by atoms with E-state index >= 15 is 0 Å². The molecule has 0 saturated heterocycles. The van der Waals surface area contributed by atoms with Gasteiger partial charge < -0.3 is 15.0 Å². The zero-order valence-electron chi connectivity index (χ0n) is 11.8. The highest BCUT2D eigenvalue weighted by Crippen LogP contribution is 2.31. The van der Waals surface area contributed by atoms with Crippen LogP contribution < -0.4 is 10.5 Å². The smallest absolute Gasteiger partial charge is 0.223 e. The summed E-state index contributed by atoms with van der Waals surface area (Å²) in [7, 11) is 1.63. The second-order valence-corrected chi connectivity index (χ2v) is 6.20. The van der Waals surface area contributed by atoms with E-state index in [0.717, 1.165) is 21.5 Å². The first kappa shape index (κ1) is 15.2. The molecule has 0 aliphatic heterocycles. The first-order valence-corrected chi connectivity index (χ1v) is 7.91. The number of hydrogen-bond acceptors (Lipinski definition) is 6. The molecule has 2 N–H and O–H groups in total. The van der Waals surface area contributed by atoms with Gasteiger partial charge in [-0.2, -0.15) is 4.98 Å². The molecule has 0 saturated carbocycles. The summed E-state index contributed by atoms with van der Waals surface area (Å²) < 4.78 is 8.65.